The molecule has 21 heavy (non-hydrogen) atoms. The van der Waals surface area contributed by atoms with Gasteiger partial charge in [0.15, 0.2) is 0 Å². The Bertz CT molecular complexity index is 674. The first-order valence-corrected chi connectivity index (χ1v) is 7.95. The second-order valence-electron chi connectivity index (χ2n) is 5.78. The molecule has 0 saturated heterocycles. The maximum atomic E-state index is 12.8. The number of nitrogens with zero attached hydrogens (tertiary/aromatic N) is 2. The van der Waals surface area contributed by atoms with Crippen molar-refractivity contribution < 1.29 is 0 Å². The lowest BCUT2D eigenvalue weighted by Gasteiger charge is -2.20. The summed E-state index contributed by atoms with van der Waals surface area (Å²) in [7, 11) is 0. The smallest absolute Gasteiger partial charge is 0.257 e. The fourth-order valence-electron chi connectivity index (χ4n) is 3.08. The van der Waals surface area contributed by atoms with Crippen LogP contribution in [0.15, 0.2) is 35.1 Å². The van der Waals surface area contributed by atoms with Gasteiger partial charge < -0.3 is 0 Å². The van der Waals surface area contributed by atoms with E-state index >= 15 is 0 Å². The largest absolute Gasteiger partial charge is 0.296 e. The van der Waals surface area contributed by atoms with Crippen LogP contribution in [0.1, 0.15) is 48.8 Å². The summed E-state index contributed by atoms with van der Waals surface area (Å²) in [4.78, 5) is 17.7. The molecule has 0 N–H and O–H groups in total. The van der Waals surface area contributed by atoms with Gasteiger partial charge >= 0.3 is 0 Å². The Balaban J connectivity index is 2.06. The van der Waals surface area contributed by atoms with E-state index in [4.69, 9.17) is 4.98 Å². The molecule has 0 bridgehead atoms. The Kier molecular flexibility index (Phi) is 4.18. The molecular formula is C18H22N2O. The third-order valence-electron chi connectivity index (χ3n) is 4.17. The lowest BCUT2D eigenvalue weighted by atomic mass is 10.0. The van der Waals surface area contributed by atoms with E-state index < -0.39 is 0 Å². The molecular weight excluding hydrogens is 260 g/mol. The molecule has 0 radical (unpaired) electrons. The van der Waals surface area contributed by atoms with Gasteiger partial charge in [-0.25, -0.2) is 4.98 Å². The normalized spacial score (nSPS) is 14.0. The third-order valence-corrected chi connectivity index (χ3v) is 4.17. The van der Waals surface area contributed by atoms with E-state index in [1.54, 1.807) is 0 Å². The highest BCUT2D eigenvalue weighted by molar-refractivity contribution is 5.28. The van der Waals surface area contributed by atoms with Crippen molar-refractivity contribution in [2.75, 3.05) is 0 Å². The first-order chi connectivity index (χ1) is 10.3. The second-order valence-corrected chi connectivity index (χ2v) is 5.78. The van der Waals surface area contributed by atoms with Crippen molar-refractivity contribution in [2.45, 2.75) is 52.0 Å². The van der Waals surface area contributed by atoms with Gasteiger partial charge in [0.05, 0.1) is 5.69 Å². The SMILES string of the molecule is CCCc1nc2n(c(=O)c1Cc1ccccc1)CCCC2. The van der Waals surface area contributed by atoms with Crippen molar-refractivity contribution in [3.8, 4) is 0 Å². The van der Waals surface area contributed by atoms with E-state index in [0.29, 0.717) is 6.42 Å². The molecule has 1 aromatic carbocycles. The van der Waals surface area contributed by atoms with Crippen LogP contribution in [0.25, 0.3) is 0 Å². The highest BCUT2D eigenvalue weighted by atomic mass is 16.1. The molecule has 1 aromatic heterocycles. The summed E-state index contributed by atoms with van der Waals surface area (Å²) in [5.74, 6) is 0.992. The minimum atomic E-state index is 0.187. The lowest BCUT2D eigenvalue weighted by Crippen LogP contribution is -2.32. The van der Waals surface area contributed by atoms with Gasteiger partial charge in [-0.05, 0) is 24.8 Å². The van der Waals surface area contributed by atoms with Crippen molar-refractivity contribution in [1.29, 1.82) is 0 Å². The number of hydrogen-bond acceptors (Lipinski definition) is 2. The monoisotopic (exact) mass is 282 g/mol. The van der Waals surface area contributed by atoms with Gasteiger partial charge in [-0.2, -0.15) is 0 Å². The number of rotatable bonds is 4. The van der Waals surface area contributed by atoms with E-state index in [-0.39, 0.29) is 5.56 Å². The van der Waals surface area contributed by atoms with Crippen LogP contribution >= 0.6 is 0 Å². The van der Waals surface area contributed by atoms with Gasteiger partial charge in [0.2, 0.25) is 0 Å². The van der Waals surface area contributed by atoms with Gasteiger partial charge in [0, 0.05) is 24.9 Å². The molecule has 2 aromatic rings. The Morgan fingerprint density at radius 3 is 2.76 bits per heavy atom. The highest BCUT2D eigenvalue weighted by Crippen LogP contribution is 2.16. The van der Waals surface area contributed by atoms with E-state index in [2.05, 4.69) is 19.1 Å². The van der Waals surface area contributed by atoms with Crippen molar-refractivity contribution in [3.05, 3.63) is 63.3 Å². The van der Waals surface area contributed by atoms with Crippen molar-refractivity contribution in [1.82, 2.24) is 9.55 Å². The van der Waals surface area contributed by atoms with Crippen LogP contribution in [0.3, 0.4) is 0 Å². The zero-order valence-electron chi connectivity index (χ0n) is 12.6. The zero-order chi connectivity index (χ0) is 14.7. The summed E-state index contributed by atoms with van der Waals surface area (Å²) in [6, 6.07) is 10.2. The number of benzene rings is 1. The highest BCUT2D eigenvalue weighted by Gasteiger charge is 2.18. The second kappa shape index (κ2) is 6.25. The van der Waals surface area contributed by atoms with Crippen molar-refractivity contribution in [2.24, 2.45) is 0 Å². The predicted octanol–water partition coefficient (Wildman–Crippen LogP) is 3.12. The van der Waals surface area contributed by atoms with Crippen LogP contribution < -0.4 is 5.56 Å². The average Bonchev–Trinajstić information content (AvgIpc) is 2.52. The molecule has 0 unspecified atom stereocenters. The summed E-state index contributed by atoms with van der Waals surface area (Å²) in [5, 5.41) is 0. The van der Waals surface area contributed by atoms with E-state index in [0.717, 1.165) is 55.7 Å². The van der Waals surface area contributed by atoms with Gasteiger partial charge in [-0.15, -0.1) is 0 Å². The van der Waals surface area contributed by atoms with Gasteiger partial charge in [-0.1, -0.05) is 43.7 Å². The van der Waals surface area contributed by atoms with E-state index in [1.165, 1.54) is 5.56 Å². The minimum absolute atomic E-state index is 0.187. The van der Waals surface area contributed by atoms with Gasteiger partial charge in [0.25, 0.3) is 5.56 Å². The van der Waals surface area contributed by atoms with E-state index in [1.807, 2.05) is 22.8 Å². The molecule has 0 spiro atoms. The summed E-state index contributed by atoms with van der Waals surface area (Å²) >= 11 is 0. The third kappa shape index (κ3) is 2.92. The Hall–Kier alpha value is -1.90. The summed E-state index contributed by atoms with van der Waals surface area (Å²) in [5.41, 5.74) is 3.28. The quantitative estimate of drug-likeness (QED) is 0.863. The summed E-state index contributed by atoms with van der Waals surface area (Å²) in [6.45, 7) is 2.97. The fraction of sp³-hybridized carbons (Fsp3) is 0.444. The summed E-state index contributed by atoms with van der Waals surface area (Å²) < 4.78 is 1.90. The van der Waals surface area contributed by atoms with Crippen LogP contribution in [-0.4, -0.2) is 9.55 Å². The lowest BCUT2D eigenvalue weighted by molar-refractivity contribution is 0.488. The topological polar surface area (TPSA) is 34.9 Å². The molecule has 0 saturated carbocycles. The molecule has 3 heteroatoms. The van der Waals surface area contributed by atoms with Crippen molar-refractivity contribution in [3.63, 3.8) is 0 Å². The Labute approximate surface area is 125 Å². The van der Waals surface area contributed by atoms with Crippen LogP contribution in [0.5, 0.6) is 0 Å². The number of aryl methyl sites for hydroxylation is 2. The van der Waals surface area contributed by atoms with Crippen LogP contribution in [0, 0.1) is 0 Å². The molecule has 1 aliphatic heterocycles. The molecule has 3 nitrogen and oxygen atoms in total. The molecule has 0 aliphatic carbocycles. The van der Waals surface area contributed by atoms with E-state index in [9.17, 15) is 4.79 Å². The maximum absolute atomic E-state index is 12.8. The minimum Gasteiger partial charge on any atom is -0.296 e. The number of hydrogen-bond donors (Lipinski definition) is 0. The first-order valence-electron chi connectivity index (χ1n) is 7.95. The van der Waals surface area contributed by atoms with Crippen molar-refractivity contribution >= 4 is 0 Å². The molecule has 3 rings (SSSR count). The van der Waals surface area contributed by atoms with Crippen LogP contribution in [0.4, 0.5) is 0 Å². The Morgan fingerprint density at radius 1 is 1.19 bits per heavy atom. The predicted molar refractivity (Wildman–Crippen MR) is 84.7 cm³/mol. The van der Waals surface area contributed by atoms with Gasteiger partial charge in [0.1, 0.15) is 5.82 Å². The standard InChI is InChI=1S/C18H22N2O/c1-2-8-16-15(13-14-9-4-3-5-10-14)18(21)20-12-7-6-11-17(20)19-16/h3-5,9-10H,2,6-8,11-13H2,1H3. The molecule has 0 amide bonds. The molecule has 2 heterocycles. The van der Waals surface area contributed by atoms with Crippen LogP contribution in [-0.2, 0) is 25.8 Å². The fourth-order valence-corrected chi connectivity index (χ4v) is 3.08. The Morgan fingerprint density at radius 2 is 2.00 bits per heavy atom. The summed E-state index contributed by atoms with van der Waals surface area (Å²) in [6.07, 6.45) is 5.80. The molecule has 0 atom stereocenters. The first kappa shape index (κ1) is 14.1. The zero-order valence-corrected chi connectivity index (χ0v) is 12.6. The molecule has 0 fully saturated rings. The van der Waals surface area contributed by atoms with Gasteiger partial charge in [-0.3, -0.25) is 9.36 Å². The maximum Gasteiger partial charge on any atom is 0.257 e. The molecule has 1 aliphatic rings. The average molecular weight is 282 g/mol. The number of aromatic nitrogens is 2. The molecule has 110 valence electrons. The van der Waals surface area contributed by atoms with Crippen LogP contribution in [0.2, 0.25) is 0 Å². The number of fused-ring (bicyclic) bond motifs is 1.